The van der Waals surface area contributed by atoms with Crippen molar-refractivity contribution in [2.45, 2.75) is 25.3 Å². The molecule has 1 atom stereocenters. The van der Waals surface area contributed by atoms with Crippen LogP contribution in [0, 0.1) is 10.1 Å². The number of para-hydroxylation sites is 1. The molecule has 1 aromatic heterocycles. The number of methoxy groups -OCH3 is 1. The molecule has 2 aromatic carbocycles. The summed E-state index contributed by atoms with van der Waals surface area (Å²) in [5.74, 6) is -0.747. The Hall–Kier alpha value is -3.88. The van der Waals surface area contributed by atoms with Gasteiger partial charge in [-0.3, -0.25) is 14.9 Å². The fourth-order valence-corrected chi connectivity index (χ4v) is 3.31. The van der Waals surface area contributed by atoms with Crippen molar-refractivity contribution in [1.82, 2.24) is 10.3 Å². The molecule has 0 bridgehead atoms. The number of ether oxygens (including phenoxy) is 1. The highest BCUT2D eigenvalue weighted by molar-refractivity contribution is 5.87. The second-order valence-electron chi connectivity index (χ2n) is 7.04. The molecule has 0 fully saturated rings. The van der Waals surface area contributed by atoms with Crippen LogP contribution in [0.5, 0.6) is 0 Å². The number of nitrogens with one attached hydrogen (secondary N) is 3. The molecule has 3 rings (SSSR count). The van der Waals surface area contributed by atoms with E-state index in [2.05, 4.69) is 15.6 Å². The predicted octanol–water partition coefficient (Wildman–Crippen LogP) is 3.17. The smallest absolute Gasteiger partial charge is 0.328 e. The van der Waals surface area contributed by atoms with Crippen molar-refractivity contribution in [3.05, 3.63) is 70.4 Å². The summed E-state index contributed by atoms with van der Waals surface area (Å²) in [4.78, 5) is 37.9. The number of fused-ring (bicyclic) bond motifs is 1. The second-order valence-corrected chi connectivity index (χ2v) is 7.04. The van der Waals surface area contributed by atoms with Gasteiger partial charge in [-0.05, 0) is 30.2 Å². The number of esters is 1. The van der Waals surface area contributed by atoms with Gasteiger partial charge in [0.25, 0.3) is 5.69 Å². The summed E-state index contributed by atoms with van der Waals surface area (Å²) in [5, 5.41) is 17.5. The number of benzene rings is 2. The molecule has 9 heteroatoms. The van der Waals surface area contributed by atoms with Crippen molar-refractivity contribution in [2.75, 3.05) is 19.0 Å². The minimum Gasteiger partial charge on any atom is -0.467 e. The van der Waals surface area contributed by atoms with Gasteiger partial charge in [0.15, 0.2) is 0 Å². The lowest BCUT2D eigenvalue weighted by Crippen LogP contribution is -2.43. The molecule has 9 nitrogen and oxygen atoms in total. The highest BCUT2D eigenvalue weighted by Gasteiger charge is 2.23. The van der Waals surface area contributed by atoms with E-state index in [1.165, 1.54) is 19.2 Å². The van der Waals surface area contributed by atoms with E-state index in [0.29, 0.717) is 19.4 Å². The Morgan fingerprint density at radius 2 is 1.90 bits per heavy atom. The zero-order chi connectivity index (χ0) is 22.2. The van der Waals surface area contributed by atoms with Gasteiger partial charge in [0, 0.05) is 54.3 Å². The number of aromatic amines is 1. The average Bonchev–Trinajstić information content (AvgIpc) is 3.19. The fraction of sp³-hybridized carbons (Fsp3) is 0.273. The van der Waals surface area contributed by atoms with Gasteiger partial charge < -0.3 is 20.4 Å². The first-order valence-corrected chi connectivity index (χ1v) is 9.88. The number of nitro benzene ring substituents is 1. The van der Waals surface area contributed by atoms with Crippen LogP contribution in [-0.4, -0.2) is 41.5 Å². The van der Waals surface area contributed by atoms with Crippen molar-refractivity contribution in [3.8, 4) is 0 Å². The summed E-state index contributed by atoms with van der Waals surface area (Å²) in [5.41, 5.74) is 2.64. The normalized spacial score (nSPS) is 11.6. The van der Waals surface area contributed by atoms with Crippen LogP contribution < -0.4 is 10.6 Å². The molecule has 31 heavy (non-hydrogen) atoms. The first kappa shape index (κ1) is 21.8. The van der Waals surface area contributed by atoms with Crippen LogP contribution >= 0.6 is 0 Å². The monoisotopic (exact) mass is 424 g/mol. The summed E-state index contributed by atoms with van der Waals surface area (Å²) in [6.07, 6.45) is 2.91. The molecule has 0 radical (unpaired) electrons. The third kappa shape index (κ3) is 5.81. The minimum atomic E-state index is -0.778. The van der Waals surface area contributed by atoms with E-state index >= 15 is 0 Å². The van der Waals surface area contributed by atoms with E-state index in [0.717, 1.165) is 22.2 Å². The Morgan fingerprint density at radius 1 is 1.16 bits per heavy atom. The van der Waals surface area contributed by atoms with Crippen LogP contribution in [0.2, 0.25) is 0 Å². The Morgan fingerprint density at radius 3 is 2.61 bits per heavy atom. The number of rotatable bonds is 10. The van der Waals surface area contributed by atoms with Gasteiger partial charge in [-0.2, -0.15) is 0 Å². The van der Waals surface area contributed by atoms with Crippen LogP contribution in [0.4, 0.5) is 11.4 Å². The number of anilines is 1. The predicted molar refractivity (Wildman–Crippen MR) is 117 cm³/mol. The molecule has 0 saturated heterocycles. The summed E-state index contributed by atoms with van der Waals surface area (Å²) < 4.78 is 4.86. The molecule has 1 heterocycles. The van der Waals surface area contributed by atoms with Crippen LogP contribution in [0.3, 0.4) is 0 Å². The van der Waals surface area contributed by atoms with E-state index in [9.17, 15) is 19.7 Å². The number of hydrogen-bond acceptors (Lipinski definition) is 6. The van der Waals surface area contributed by atoms with Crippen molar-refractivity contribution in [1.29, 1.82) is 0 Å². The lowest BCUT2D eigenvalue weighted by atomic mass is 10.0. The maximum atomic E-state index is 12.4. The number of carbonyl (C=O) groups excluding carboxylic acids is 2. The lowest BCUT2D eigenvalue weighted by Gasteiger charge is -2.16. The fourth-order valence-electron chi connectivity index (χ4n) is 3.31. The topological polar surface area (TPSA) is 126 Å². The second kappa shape index (κ2) is 10.2. The molecule has 3 N–H and O–H groups in total. The maximum Gasteiger partial charge on any atom is 0.328 e. The summed E-state index contributed by atoms with van der Waals surface area (Å²) in [7, 11) is 1.30. The van der Waals surface area contributed by atoms with E-state index < -0.39 is 16.9 Å². The molecule has 0 aliphatic carbocycles. The van der Waals surface area contributed by atoms with Crippen LogP contribution in [-0.2, 0) is 20.7 Å². The molecule has 3 aromatic rings. The first-order chi connectivity index (χ1) is 15.0. The molecule has 1 amide bonds. The number of H-pyrrole nitrogens is 1. The molecular weight excluding hydrogens is 400 g/mol. The largest absolute Gasteiger partial charge is 0.467 e. The van der Waals surface area contributed by atoms with E-state index in [1.54, 1.807) is 12.1 Å². The first-order valence-electron chi connectivity index (χ1n) is 9.88. The zero-order valence-corrected chi connectivity index (χ0v) is 17.1. The minimum absolute atomic E-state index is 0.0222. The number of carbonyl (C=O) groups is 2. The van der Waals surface area contributed by atoms with Gasteiger partial charge >= 0.3 is 5.97 Å². The van der Waals surface area contributed by atoms with Gasteiger partial charge in [0.05, 0.1) is 12.0 Å². The number of amides is 1. The van der Waals surface area contributed by atoms with Crippen molar-refractivity contribution in [2.24, 2.45) is 0 Å². The number of aromatic nitrogens is 1. The zero-order valence-electron chi connectivity index (χ0n) is 17.1. The SMILES string of the molecule is COC(=O)C(Cc1c[nH]c2ccccc12)NC(=O)CCCNc1ccc([N+](=O)[O-])cc1. The number of non-ortho nitro benzene ring substituents is 1. The maximum absolute atomic E-state index is 12.4. The molecule has 0 aliphatic heterocycles. The number of hydrogen-bond donors (Lipinski definition) is 3. The third-order valence-corrected chi connectivity index (χ3v) is 4.91. The van der Waals surface area contributed by atoms with Gasteiger partial charge in [-0.1, -0.05) is 18.2 Å². The van der Waals surface area contributed by atoms with Crippen molar-refractivity contribution in [3.63, 3.8) is 0 Å². The third-order valence-electron chi connectivity index (χ3n) is 4.91. The molecule has 0 aliphatic rings. The molecule has 0 saturated carbocycles. The van der Waals surface area contributed by atoms with E-state index in [4.69, 9.17) is 4.74 Å². The quantitative estimate of drug-likeness (QED) is 0.199. The van der Waals surface area contributed by atoms with Crippen LogP contribution in [0.25, 0.3) is 10.9 Å². The molecule has 1 unspecified atom stereocenters. The lowest BCUT2D eigenvalue weighted by molar-refractivity contribution is -0.384. The Bertz CT molecular complexity index is 1060. The van der Waals surface area contributed by atoms with Gasteiger partial charge in [-0.25, -0.2) is 4.79 Å². The van der Waals surface area contributed by atoms with Crippen LogP contribution in [0.15, 0.2) is 54.7 Å². The van der Waals surface area contributed by atoms with Crippen molar-refractivity contribution < 1.29 is 19.2 Å². The average molecular weight is 424 g/mol. The summed E-state index contributed by atoms with van der Waals surface area (Å²) >= 11 is 0. The standard InChI is InChI=1S/C22H24N4O5/c1-31-22(28)20(13-15-14-24-19-6-3-2-5-18(15)19)25-21(27)7-4-12-23-16-8-10-17(11-9-16)26(29)30/h2-3,5-6,8-11,14,20,23-24H,4,7,12-13H2,1H3,(H,25,27). The Kier molecular flexibility index (Phi) is 7.21. The number of nitro groups is 1. The highest BCUT2D eigenvalue weighted by atomic mass is 16.6. The summed E-state index contributed by atoms with van der Waals surface area (Å²) in [6.45, 7) is 0.510. The van der Waals surface area contributed by atoms with E-state index in [1.807, 2.05) is 30.5 Å². The van der Waals surface area contributed by atoms with Gasteiger partial charge in [0.1, 0.15) is 6.04 Å². The Balaban J connectivity index is 1.50. The molecule has 162 valence electrons. The summed E-state index contributed by atoms with van der Waals surface area (Å²) in [6, 6.07) is 13.0. The van der Waals surface area contributed by atoms with Gasteiger partial charge in [0.2, 0.25) is 5.91 Å². The Labute approximate surface area is 178 Å². The van der Waals surface area contributed by atoms with Crippen molar-refractivity contribution >= 4 is 34.2 Å². The molecule has 0 spiro atoms. The van der Waals surface area contributed by atoms with Gasteiger partial charge in [-0.15, -0.1) is 0 Å². The number of nitrogens with zero attached hydrogens (tertiary/aromatic N) is 1. The van der Waals surface area contributed by atoms with E-state index in [-0.39, 0.29) is 18.0 Å². The van der Waals surface area contributed by atoms with Crippen LogP contribution in [0.1, 0.15) is 18.4 Å². The molecular formula is C22H24N4O5. The highest BCUT2D eigenvalue weighted by Crippen LogP contribution is 2.19.